The van der Waals surface area contributed by atoms with Crippen LogP contribution in [0.25, 0.3) is 0 Å². The van der Waals surface area contributed by atoms with E-state index in [4.69, 9.17) is 33.7 Å². The lowest BCUT2D eigenvalue weighted by Crippen LogP contribution is -2.03. The van der Waals surface area contributed by atoms with Crippen LogP contribution in [0.3, 0.4) is 0 Å². The van der Waals surface area contributed by atoms with Crippen LogP contribution in [-0.4, -0.2) is 10.8 Å². The highest BCUT2D eigenvalue weighted by Crippen LogP contribution is 2.28. The van der Waals surface area contributed by atoms with Gasteiger partial charge >= 0.3 is 0 Å². The lowest BCUT2D eigenvalue weighted by molar-refractivity contribution is 0.337. The van der Waals surface area contributed by atoms with Gasteiger partial charge < -0.3 is 10.5 Å². The van der Waals surface area contributed by atoms with Gasteiger partial charge in [-0.05, 0) is 43.3 Å². The van der Waals surface area contributed by atoms with Crippen molar-refractivity contribution in [3.8, 4) is 5.75 Å². The fraction of sp³-hybridized carbons (Fsp3) is 0.200. The van der Waals surface area contributed by atoms with E-state index in [9.17, 15) is 4.21 Å². The molecule has 1 unspecified atom stereocenters. The average molecular weight is 344 g/mol. The largest absolute Gasteiger partial charge is 0.494 e. The highest BCUT2D eigenvalue weighted by Gasteiger charge is 2.13. The van der Waals surface area contributed by atoms with Crippen LogP contribution in [0.5, 0.6) is 5.75 Å². The van der Waals surface area contributed by atoms with Crippen molar-refractivity contribution in [2.75, 3.05) is 12.3 Å². The van der Waals surface area contributed by atoms with Crippen LogP contribution < -0.4 is 10.5 Å². The summed E-state index contributed by atoms with van der Waals surface area (Å²) in [5.41, 5.74) is 7.17. The Labute approximate surface area is 136 Å². The minimum Gasteiger partial charge on any atom is -0.494 e. The van der Waals surface area contributed by atoms with Gasteiger partial charge in [0.25, 0.3) is 0 Å². The Balaban J connectivity index is 2.31. The summed E-state index contributed by atoms with van der Waals surface area (Å²) in [6.07, 6.45) is 0. The zero-order chi connectivity index (χ0) is 15.4. The molecule has 0 saturated heterocycles. The molecule has 0 aliphatic rings. The first kappa shape index (κ1) is 16.1. The van der Waals surface area contributed by atoms with Gasteiger partial charge in [0.05, 0.1) is 33.1 Å². The van der Waals surface area contributed by atoms with E-state index < -0.39 is 10.8 Å². The highest BCUT2D eigenvalue weighted by molar-refractivity contribution is 7.84. The lowest BCUT2D eigenvalue weighted by atomic mass is 10.2. The number of anilines is 1. The summed E-state index contributed by atoms with van der Waals surface area (Å²) in [6, 6.07) is 10.2. The zero-order valence-electron chi connectivity index (χ0n) is 11.4. The molecule has 2 aromatic carbocycles. The standard InChI is InChI=1S/C15H15Cl2NO2S/c1-2-20-14-6-4-12(18)7-10(14)9-21(19)15-8-11(16)3-5-13(15)17/h3-8H,2,9,18H2,1H3. The maximum atomic E-state index is 12.5. The normalized spacial score (nSPS) is 12.1. The molecule has 2 N–H and O–H groups in total. The molecule has 0 amide bonds. The van der Waals surface area contributed by atoms with Gasteiger partial charge in [0.1, 0.15) is 5.75 Å². The smallest absolute Gasteiger partial charge is 0.123 e. The van der Waals surface area contributed by atoms with Gasteiger partial charge in [-0.1, -0.05) is 23.2 Å². The van der Waals surface area contributed by atoms with Gasteiger partial charge in [0, 0.05) is 16.3 Å². The van der Waals surface area contributed by atoms with Crippen molar-refractivity contribution >= 4 is 39.7 Å². The van der Waals surface area contributed by atoms with Gasteiger partial charge in [0.2, 0.25) is 0 Å². The highest BCUT2D eigenvalue weighted by atomic mass is 35.5. The van der Waals surface area contributed by atoms with E-state index in [0.717, 1.165) is 5.56 Å². The van der Waals surface area contributed by atoms with Crippen molar-refractivity contribution in [2.24, 2.45) is 0 Å². The summed E-state index contributed by atoms with van der Waals surface area (Å²) in [4.78, 5) is 0.508. The zero-order valence-corrected chi connectivity index (χ0v) is 13.8. The Morgan fingerprint density at radius 1 is 1.19 bits per heavy atom. The molecule has 0 saturated carbocycles. The Bertz CT molecular complexity index is 677. The molecule has 3 nitrogen and oxygen atoms in total. The third-order valence-corrected chi connectivity index (χ3v) is 4.89. The fourth-order valence-corrected chi connectivity index (χ4v) is 3.70. The van der Waals surface area contributed by atoms with Crippen molar-refractivity contribution in [3.63, 3.8) is 0 Å². The summed E-state index contributed by atoms with van der Waals surface area (Å²) >= 11 is 12.0. The van der Waals surface area contributed by atoms with Crippen LogP contribution in [0.15, 0.2) is 41.3 Å². The molecule has 0 heterocycles. The summed E-state index contributed by atoms with van der Waals surface area (Å²) in [7, 11) is -1.33. The van der Waals surface area contributed by atoms with Crippen LogP contribution in [0.1, 0.15) is 12.5 Å². The molecule has 21 heavy (non-hydrogen) atoms. The maximum Gasteiger partial charge on any atom is 0.123 e. The molecule has 6 heteroatoms. The number of benzene rings is 2. The first-order valence-corrected chi connectivity index (χ1v) is 8.43. The second kappa shape index (κ2) is 7.16. The predicted octanol–water partition coefficient (Wildman–Crippen LogP) is 4.28. The maximum absolute atomic E-state index is 12.5. The van der Waals surface area contributed by atoms with E-state index in [-0.39, 0.29) is 5.75 Å². The summed E-state index contributed by atoms with van der Waals surface area (Å²) < 4.78 is 18.1. The van der Waals surface area contributed by atoms with Crippen LogP contribution in [0.4, 0.5) is 5.69 Å². The second-order valence-corrected chi connectivity index (χ2v) is 6.63. The minimum absolute atomic E-state index is 0.264. The average Bonchev–Trinajstić information content (AvgIpc) is 2.44. The monoisotopic (exact) mass is 343 g/mol. The van der Waals surface area contributed by atoms with Gasteiger partial charge in [-0.15, -0.1) is 0 Å². The Kier molecular flexibility index (Phi) is 5.51. The Morgan fingerprint density at radius 3 is 2.67 bits per heavy atom. The molecule has 0 radical (unpaired) electrons. The van der Waals surface area contributed by atoms with Crippen LogP contribution >= 0.6 is 23.2 Å². The topological polar surface area (TPSA) is 52.3 Å². The minimum atomic E-state index is -1.33. The molecular formula is C15H15Cl2NO2S. The molecule has 0 aliphatic heterocycles. The van der Waals surface area contributed by atoms with Crippen molar-refractivity contribution in [1.82, 2.24) is 0 Å². The van der Waals surface area contributed by atoms with E-state index in [1.54, 1.807) is 36.4 Å². The van der Waals surface area contributed by atoms with Crippen LogP contribution in [-0.2, 0) is 16.6 Å². The number of halogens is 2. The molecule has 0 fully saturated rings. The van der Waals surface area contributed by atoms with Crippen molar-refractivity contribution in [3.05, 3.63) is 52.0 Å². The number of rotatable bonds is 5. The summed E-state index contributed by atoms with van der Waals surface area (Å²) in [5.74, 6) is 0.943. The van der Waals surface area contributed by atoms with E-state index in [2.05, 4.69) is 0 Å². The van der Waals surface area contributed by atoms with Gasteiger partial charge in [-0.2, -0.15) is 0 Å². The van der Waals surface area contributed by atoms with E-state index in [1.807, 2.05) is 6.92 Å². The van der Waals surface area contributed by atoms with E-state index in [0.29, 0.717) is 33.0 Å². The molecule has 2 aromatic rings. The molecule has 112 valence electrons. The first-order valence-electron chi connectivity index (χ1n) is 6.36. The SMILES string of the molecule is CCOc1ccc(N)cc1CS(=O)c1cc(Cl)ccc1Cl. The number of ether oxygens (including phenoxy) is 1. The van der Waals surface area contributed by atoms with Crippen LogP contribution in [0.2, 0.25) is 10.0 Å². The molecule has 0 bridgehead atoms. The number of hydrogen-bond donors (Lipinski definition) is 1. The molecule has 1 atom stereocenters. The third-order valence-electron chi connectivity index (χ3n) is 2.81. The molecule has 0 spiro atoms. The molecule has 0 aliphatic carbocycles. The molecule has 0 aromatic heterocycles. The van der Waals surface area contributed by atoms with Crippen molar-refractivity contribution < 1.29 is 8.95 Å². The third kappa shape index (κ3) is 4.13. The number of hydrogen-bond acceptors (Lipinski definition) is 3. The van der Waals surface area contributed by atoms with E-state index in [1.165, 1.54) is 0 Å². The Morgan fingerprint density at radius 2 is 1.95 bits per heavy atom. The van der Waals surface area contributed by atoms with E-state index >= 15 is 0 Å². The molecule has 2 rings (SSSR count). The van der Waals surface area contributed by atoms with Crippen molar-refractivity contribution in [2.45, 2.75) is 17.6 Å². The predicted molar refractivity (Wildman–Crippen MR) is 88.6 cm³/mol. The quantitative estimate of drug-likeness (QED) is 0.824. The molecular weight excluding hydrogens is 329 g/mol. The number of nitrogen functional groups attached to an aromatic ring is 1. The van der Waals surface area contributed by atoms with Crippen molar-refractivity contribution in [1.29, 1.82) is 0 Å². The van der Waals surface area contributed by atoms with Gasteiger partial charge in [-0.25, -0.2) is 0 Å². The Hall–Kier alpha value is -1.23. The summed E-state index contributed by atoms with van der Waals surface area (Å²) in [5, 5.41) is 0.931. The lowest BCUT2D eigenvalue weighted by Gasteiger charge is -2.11. The summed E-state index contributed by atoms with van der Waals surface area (Å²) in [6.45, 7) is 2.42. The van der Waals surface area contributed by atoms with Gasteiger partial charge in [0.15, 0.2) is 0 Å². The second-order valence-electron chi connectivity index (χ2n) is 4.36. The van der Waals surface area contributed by atoms with Gasteiger partial charge in [-0.3, -0.25) is 4.21 Å². The first-order chi connectivity index (χ1) is 10.0. The van der Waals surface area contributed by atoms with Crippen LogP contribution in [0, 0.1) is 0 Å². The number of nitrogens with two attached hydrogens (primary N) is 1. The fourth-order valence-electron chi connectivity index (χ4n) is 1.88.